The molecule has 10 nitrogen and oxygen atoms in total. The number of methoxy groups -OCH3 is 1. The number of benzene rings is 2. The second kappa shape index (κ2) is 9.76. The standard InChI is InChI=1S/C29H33N5O5/c1-16(2)12-22(33(3)26(36)21-13-17-19(31-21)10-7-11-24(17)39-4)27(37)34-15-29(14-23(34)25(30)35)18-8-5-6-9-20(18)32-28(29)38/h5-11,13,16,22-23,31H,12,14-15H2,1-4H3,(H2,30,35)(H,32,38)/t22?,23-,29-/m0/s1. The number of hydrogen-bond acceptors (Lipinski definition) is 5. The van der Waals surface area contributed by atoms with Crippen LogP contribution in [0.3, 0.4) is 0 Å². The van der Waals surface area contributed by atoms with Gasteiger partial charge in [0.1, 0.15) is 23.5 Å². The van der Waals surface area contributed by atoms with Crippen LogP contribution in [0.4, 0.5) is 5.69 Å². The van der Waals surface area contributed by atoms with E-state index in [9.17, 15) is 19.2 Å². The highest BCUT2D eigenvalue weighted by molar-refractivity contribution is 6.08. The number of aromatic nitrogens is 1. The largest absolute Gasteiger partial charge is 0.496 e. The molecule has 1 aromatic heterocycles. The predicted octanol–water partition coefficient (Wildman–Crippen LogP) is 2.64. The Bertz CT molecular complexity index is 1480. The molecule has 0 saturated carbocycles. The minimum Gasteiger partial charge on any atom is -0.496 e. The minimum absolute atomic E-state index is 0.00248. The van der Waals surface area contributed by atoms with E-state index >= 15 is 0 Å². The number of carbonyl (C=O) groups is 4. The number of aromatic amines is 1. The van der Waals surface area contributed by atoms with Crippen LogP contribution in [0.15, 0.2) is 48.5 Å². The van der Waals surface area contributed by atoms with Gasteiger partial charge in [0.2, 0.25) is 17.7 Å². The van der Waals surface area contributed by atoms with Crippen molar-refractivity contribution >= 4 is 40.2 Å². The maximum Gasteiger partial charge on any atom is 0.270 e. The number of primary amides is 1. The van der Waals surface area contributed by atoms with E-state index in [1.165, 1.54) is 9.80 Å². The quantitative estimate of drug-likeness (QED) is 0.430. The van der Waals surface area contributed by atoms with Gasteiger partial charge in [0, 0.05) is 30.2 Å². The average molecular weight is 532 g/mol. The summed E-state index contributed by atoms with van der Waals surface area (Å²) in [6, 6.07) is 12.6. The van der Waals surface area contributed by atoms with Crippen molar-refractivity contribution in [3.8, 4) is 5.75 Å². The Morgan fingerprint density at radius 1 is 1.18 bits per heavy atom. The van der Waals surface area contributed by atoms with Gasteiger partial charge in [-0.3, -0.25) is 19.2 Å². The molecule has 5 rings (SSSR count). The van der Waals surface area contributed by atoms with Crippen LogP contribution in [0.5, 0.6) is 5.75 Å². The second-order valence-corrected chi connectivity index (χ2v) is 10.8. The van der Waals surface area contributed by atoms with Gasteiger partial charge in [-0.1, -0.05) is 38.1 Å². The highest BCUT2D eigenvalue weighted by Gasteiger charge is 2.57. The lowest BCUT2D eigenvalue weighted by molar-refractivity contribution is -0.141. The fourth-order valence-corrected chi connectivity index (χ4v) is 5.94. The summed E-state index contributed by atoms with van der Waals surface area (Å²) >= 11 is 0. The number of rotatable bonds is 7. The summed E-state index contributed by atoms with van der Waals surface area (Å²) in [5, 5.41) is 3.64. The number of nitrogens with two attached hydrogens (primary N) is 1. The van der Waals surface area contributed by atoms with Crippen molar-refractivity contribution in [2.75, 3.05) is 26.0 Å². The molecule has 10 heteroatoms. The smallest absolute Gasteiger partial charge is 0.270 e. The molecule has 4 amide bonds. The third-order valence-corrected chi connectivity index (χ3v) is 7.94. The maximum absolute atomic E-state index is 14.2. The van der Waals surface area contributed by atoms with E-state index in [2.05, 4.69) is 10.3 Å². The number of ether oxygens (including phenoxy) is 1. The van der Waals surface area contributed by atoms with Gasteiger partial charge >= 0.3 is 0 Å². The van der Waals surface area contributed by atoms with Crippen molar-refractivity contribution in [2.45, 2.75) is 44.2 Å². The van der Waals surface area contributed by atoms with E-state index in [4.69, 9.17) is 10.5 Å². The Kier molecular flexibility index (Phi) is 6.57. The summed E-state index contributed by atoms with van der Waals surface area (Å²) in [5.41, 5.74) is 7.16. The van der Waals surface area contributed by atoms with Gasteiger partial charge in [0.15, 0.2) is 0 Å². The maximum atomic E-state index is 14.2. The van der Waals surface area contributed by atoms with Gasteiger partial charge in [-0.25, -0.2) is 0 Å². The molecular formula is C29H33N5O5. The van der Waals surface area contributed by atoms with Gasteiger partial charge in [0.05, 0.1) is 12.5 Å². The molecule has 1 unspecified atom stereocenters. The van der Waals surface area contributed by atoms with Crippen molar-refractivity contribution < 1.29 is 23.9 Å². The number of hydrogen-bond donors (Lipinski definition) is 3. The number of nitrogens with zero attached hydrogens (tertiary/aromatic N) is 2. The molecule has 3 atom stereocenters. The van der Waals surface area contributed by atoms with E-state index in [0.29, 0.717) is 23.6 Å². The van der Waals surface area contributed by atoms with E-state index < -0.39 is 29.3 Å². The number of likely N-dealkylation sites (N-methyl/N-ethyl adjacent to an activating group) is 1. The molecule has 204 valence electrons. The second-order valence-electron chi connectivity index (χ2n) is 10.8. The highest BCUT2D eigenvalue weighted by atomic mass is 16.5. The molecule has 2 aromatic carbocycles. The molecule has 0 bridgehead atoms. The van der Waals surface area contributed by atoms with Crippen molar-refractivity contribution in [3.63, 3.8) is 0 Å². The number of para-hydroxylation sites is 1. The van der Waals surface area contributed by atoms with Crippen molar-refractivity contribution in [1.82, 2.24) is 14.8 Å². The minimum atomic E-state index is -1.08. The SMILES string of the molecule is COc1cccc2[nH]c(C(=O)N(C)C(CC(C)C)C(=O)N3C[C@]4(C[C@H]3C(N)=O)C(=O)Nc3ccccc34)cc12. The number of H-pyrrole nitrogens is 1. The van der Waals surface area contributed by atoms with Crippen molar-refractivity contribution in [1.29, 1.82) is 0 Å². The third-order valence-electron chi connectivity index (χ3n) is 7.94. The zero-order valence-corrected chi connectivity index (χ0v) is 22.5. The highest BCUT2D eigenvalue weighted by Crippen LogP contribution is 2.46. The van der Waals surface area contributed by atoms with Gasteiger partial charge in [-0.05, 0) is 48.6 Å². The zero-order chi connectivity index (χ0) is 28.1. The molecule has 1 saturated heterocycles. The van der Waals surface area contributed by atoms with Crippen molar-refractivity contribution in [2.24, 2.45) is 11.7 Å². The Hall–Kier alpha value is -4.34. The fraction of sp³-hybridized carbons (Fsp3) is 0.379. The molecule has 0 radical (unpaired) electrons. The van der Waals surface area contributed by atoms with E-state index in [1.54, 1.807) is 26.3 Å². The van der Waals surface area contributed by atoms with Crippen LogP contribution < -0.4 is 15.8 Å². The van der Waals surface area contributed by atoms with Crippen LogP contribution in [-0.2, 0) is 19.8 Å². The van der Waals surface area contributed by atoms with Crippen LogP contribution in [0, 0.1) is 5.92 Å². The number of carbonyl (C=O) groups excluding carboxylic acids is 4. The molecule has 0 aliphatic carbocycles. The van der Waals surface area contributed by atoms with Gasteiger partial charge in [0.25, 0.3) is 5.91 Å². The molecular weight excluding hydrogens is 498 g/mol. The topological polar surface area (TPSA) is 138 Å². The van der Waals surface area contributed by atoms with Crippen molar-refractivity contribution in [3.05, 3.63) is 59.8 Å². The Morgan fingerprint density at radius 3 is 2.62 bits per heavy atom. The first-order valence-corrected chi connectivity index (χ1v) is 13.0. The molecule has 2 aliphatic heterocycles. The van der Waals surface area contributed by atoms with Gasteiger partial charge < -0.3 is 30.6 Å². The number of amides is 4. The molecule has 3 heterocycles. The molecule has 3 aromatic rings. The first kappa shape index (κ1) is 26.3. The molecule has 39 heavy (non-hydrogen) atoms. The molecule has 1 fully saturated rings. The Balaban J connectivity index is 1.48. The van der Waals surface area contributed by atoms with Crippen LogP contribution in [0.2, 0.25) is 0 Å². The summed E-state index contributed by atoms with van der Waals surface area (Å²) in [6.07, 6.45) is 0.452. The first-order chi connectivity index (χ1) is 18.6. The Labute approximate surface area is 226 Å². The van der Waals surface area contributed by atoms with Crippen LogP contribution >= 0.6 is 0 Å². The number of anilines is 1. The number of nitrogens with one attached hydrogen (secondary N) is 2. The fourth-order valence-electron chi connectivity index (χ4n) is 5.94. The monoisotopic (exact) mass is 531 g/mol. The van der Waals surface area contributed by atoms with Crippen LogP contribution in [0.1, 0.15) is 42.7 Å². The lowest BCUT2D eigenvalue weighted by atomic mass is 9.79. The van der Waals surface area contributed by atoms with Crippen LogP contribution in [-0.4, -0.2) is 71.2 Å². The van der Waals surface area contributed by atoms with Gasteiger partial charge in [-0.15, -0.1) is 0 Å². The zero-order valence-electron chi connectivity index (χ0n) is 22.5. The normalized spacial score (nSPS) is 20.8. The summed E-state index contributed by atoms with van der Waals surface area (Å²) in [7, 11) is 3.15. The average Bonchev–Trinajstić information content (AvgIpc) is 3.60. The van der Waals surface area contributed by atoms with E-state index in [-0.39, 0.29) is 30.7 Å². The molecule has 2 aliphatic rings. The summed E-state index contributed by atoms with van der Waals surface area (Å²) in [4.78, 5) is 59.6. The van der Waals surface area contributed by atoms with Gasteiger partial charge in [-0.2, -0.15) is 0 Å². The van der Waals surface area contributed by atoms with E-state index in [1.807, 2.05) is 50.2 Å². The lowest BCUT2D eigenvalue weighted by Gasteiger charge is -2.33. The van der Waals surface area contributed by atoms with Crippen LogP contribution in [0.25, 0.3) is 10.9 Å². The first-order valence-electron chi connectivity index (χ1n) is 13.0. The predicted molar refractivity (Wildman–Crippen MR) is 146 cm³/mol. The lowest BCUT2D eigenvalue weighted by Crippen LogP contribution is -2.54. The molecule has 4 N–H and O–H groups in total. The summed E-state index contributed by atoms with van der Waals surface area (Å²) in [5.74, 6) is -1.04. The molecule has 1 spiro atoms. The summed E-state index contributed by atoms with van der Waals surface area (Å²) in [6.45, 7) is 3.93. The number of likely N-dealkylation sites (tertiary alicyclic amines) is 1. The third kappa shape index (κ3) is 4.29. The van der Waals surface area contributed by atoms with E-state index in [0.717, 1.165) is 16.5 Å². The number of fused-ring (bicyclic) bond motifs is 3. The summed E-state index contributed by atoms with van der Waals surface area (Å²) < 4.78 is 5.42. The Morgan fingerprint density at radius 2 is 1.92 bits per heavy atom.